The standard InChI is InChI=1S/C12H18O3/c1-2-3-4-5-8-12(11(14)15)9-6-7-10(12)13/h2-3H,4-9H2,1H3,(H,14,15). The highest BCUT2D eigenvalue weighted by Gasteiger charge is 2.47. The molecule has 0 aromatic carbocycles. The molecule has 1 aliphatic carbocycles. The van der Waals surface area contributed by atoms with Gasteiger partial charge >= 0.3 is 5.97 Å². The van der Waals surface area contributed by atoms with Crippen LogP contribution in [-0.2, 0) is 9.59 Å². The second-order valence-corrected chi connectivity index (χ2v) is 4.13. The summed E-state index contributed by atoms with van der Waals surface area (Å²) in [5.74, 6) is -0.999. The first-order valence-corrected chi connectivity index (χ1v) is 5.51. The van der Waals surface area contributed by atoms with Crippen molar-refractivity contribution in [3.05, 3.63) is 12.2 Å². The van der Waals surface area contributed by atoms with Crippen molar-refractivity contribution < 1.29 is 14.7 Å². The summed E-state index contributed by atoms with van der Waals surface area (Å²) in [6, 6.07) is 0. The fourth-order valence-corrected chi connectivity index (χ4v) is 2.22. The molecular weight excluding hydrogens is 192 g/mol. The van der Waals surface area contributed by atoms with Gasteiger partial charge in [0, 0.05) is 6.42 Å². The zero-order valence-electron chi connectivity index (χ0n) is 9.16. The van der Waals surface area contributed by atoms with Crippen molar-refractivity contribution in [3.63, 3.8) is 0 Å². The van der Waals surface area contributed by atoms with Gasteiger partial charge in [0.15, 0.2) is 0 Å². The molecular formula is C12H18O3. The Balaban J connectivity index is 2.59. The van der Waals surface area contributed by atoms with Gasteiger partial charge in [0.1, 0.15) is 11.2 Å². The summed E-state index contributed by atoms with van der Waals surface area (Å²) < 4.78 is 0. The Labute approximate surface area is 90.2 Å². The Morgan fingerprint density at radius 1 is 1.60 bits per heavy atom. The third kappa shape index (κ3) is 2.46. The maximum atomic E-state index is 11.6. The number of hydrogen-bond acceptors (Lipinski definition) is 2. The molecule has 0 aliphatic heterocycles. The van der Waals surface area contributed by atoms with Crippen LogP contribution < -0.4 is 0 Å². The number of unbranched alkanes of at least 4 members (excludes halogenated alkanes) is 1. The SMILES string of the molecule is CC=CCCCC1(C(=O)O)CCCC1=O. The molecule has 1 atom stereocenters. The van der Waals surface area contributed by atoms with Crippen LogP contribution in [0.15, 0.2) is 12.2 Å². The molecule has 0 saturated heterocycles. The zero-order chi connectivity index (χ0) is 11.3. The summed E-state index contributed by atoms with van der Waals surface area (Å²) in [6.45, 7) is 1.94. The van der Waals surface area contributed by atoms with Crippen molar-refractivity contribution in [2.45, 2.75) is 45.4 Å². The third-order valence-electron chi connectivity index (χ3n) is 3.16. The van der Waals surface area contributed by atoms with E-state index in [4.69, 9.17) is 5.11 Å². The van der Waals surface area contributed by atoms with Crippen LogP contribution in [0.5, 0.6) is 0 Å². The minimum Gasteiger partial charge on any atom is -0.480 e. The number of carbonyl (C=O) groups excluding carboxylic acids is 1. The Hall–Kier alpha value is -1.12. The van der Waals surface area contributed by atoms with Crippen LogP contribution in [0.2, 0.25) is 0 Å². The molecule has 84 valence electrons. The van der Waals surface area contributed by atoms with Crippen LogP contribution >= 0.6 is 0 Å². The predicted molar refractivity (Wildman–Crippen MR) is 57.6 cm³/mol. The monoisotopic (exact) mass is 210 g/mol. The molecule has 3 heteroatoms. The summed E-state index contributed by atoms with van der Waals surface area (Å²) >= 11 is 0. The zero-order valence-corrected chi connectivity index (χ0v) is 9.16. The number of carboxylic acids is 1. The maximum Gasteiger partial charge on any atom is 0.317 e. The van der Waals surface area contributed by atoms with Crippen LogP contribution in [-0.4, -0.2) is 16.9 Å². The van der Waals surface area contributed by atoms with Gasteiger partial charge < -0.3 is 5.11 Å². The first kappa shape index (κ1) is 12.0. The first-order valence-electron chi connectivity index (χ1n) is 5.51. The Bertz CT molecular complexity index is 281. The molecule has 3 nitrogen and oxygen atoms in total. The van der Waals surface area contributed by atoms with E-state index in [1.165, 1.54) is 0 Å². The van der Waals surface area contributed by atoms with Crippen LogP contribution in [0.3, 0.4) is 0 Å². The number of aliphatic carboxylic acids is 1. The molecule has 0 heterocycles. The smallest absolute Gasteiger partial charge is 0.317 e. The highest BCUT2D eigenvalue weighted by molar-refractivity contribution is 6.04. The maximum absolute atomic E-state index is 11.6. The topological polar surface area (TPSA) is 54.4 Å². The molecule has 15 heavy (non-hydrogen) atoms. The van der Waals surface area contributed by atoms with E-state index in [2.05, 4.69) is 0 Å². The van der Waals surface area contributed by atoms with Gasteiger partial charge in [0.25, 0.3) is 0 Å². The molecule has 1 unspecified atom stereocenters. The normalized spacial score (nSPS) is 26.3. The largest absolute Gasteiger partial charge is 0.480 e. The number of rotatable bonds is 5. The number of carboxylic acid groups (broad SMARTS) is 1. The lowest BCUT2D eigenvalue weighted by atomic mass is 9.80. The number of ketones is 1. The molecule has 1 fully saturated rings. The quantitative estimate of drug-likeness (QED) is 0.431. The van der Waals surface area contributed by atoms with Gasteiger partial charge in [-0.3, -0.25) is 9.59 Å². The number of Topliss-reactive ketones (excluding diaryl/α,β-unsaturated/α-hetero) is 1. The van der Waals surface area contributed by atoms with Crippen molar-refractivity contribution in [2.24, 2.45) is 5.41 Å². The molecule has 1 rings (SSSR count). The first-order chi connectivity index (χ1) is 7.13. The highest BCUT2D eigenvalue weighted by atomic mass is 16.4. The number of hydrogen-bond donors (Lipinski definition) is 1. The summed E-state index contributed by atoms with van der Waals surface area (Å²) in [5, 5.41) is 9.15. The van der Waals surface area contributed by atoms with Gasteiger partial charge in [-0.2, -0.15) is 0 Å². The predicted octanol–water partition coefficient (Wildman–Crippen LogP) is 2.56. The van der Waals surface area contributed by atoms with Gasteiger partial charge in [0.2, 0.25) is 0 Å². The van der Waals surface area contributed by atoms with Crippen molar-refractivity contribution >= 4 is 11.8 Å². The summed E-state index contributed by atoms with van der Waals surface area (Å²) in [7, 11) is 0. The minimum absolute atomic E-state index is 0.0736. The Kier molecular flexibility index (Phi) is 4.06. The molecule has 1 N–H and O–H groups in total. The average molecular weight is 210 g/mol. The van der Waals surface area contributed by atoms with Crippen molar-refractivity contribution in [2.75, 3.05) is 0 Å². The van der Waals surface area contributed by atoms with Crippen molar-refractivity contribution in [1.82, 2.24) is 0 Å². The summed E-state index contributed by atoms with van der Waals surface area (Å²) in [5.41, 5.74) is -1.05. The van der Waals surface area contributed by atoms with Crippen LogP contribution in [0.25, 0.3) is 0 Å². The summed E-state index contributed by atoms with van der Waals surface area (Å²) in [6.07, 6.45) is 7.78. The fraction of sp³-hybridized carbons (Fsp3) is 0.667. The fourth-order valence-electron chi connectivity index (χ4n) is 2.22. The molecule has 0 aromatic rings. The highest BCUT2D eigenvalue weighted by Crippen LogP contribution is 2.39. The van der Waals surface area contributed by atoms with Crippen LogP contribution in [0.4, 0.5) is 0 Å². The van der Waals surface area contributed by atoms with Gasteiger partial charge in [-0.25, -0.2) is 0 Å². The van der Waals surface area contributed by atoms with E-state index in [1.807, 2.05) is 19.1 Å². The van der Waals surface area contributed by atoms with E-state index in [1.54, 1.807) is 0 Å². The number of allylic oxidation sites excluding steroid dienone is 2. The van der Waals surface area contributed by atoms with E-state index in [0.29, 0.717) is 19.3 Å². The van der Waals surface area contributed by atoms with Crippen LogP contribution in [0.1, 0.15) is 45.4 Å². The molecule has 1 aliphatic rings. The van der Waals surface area contributed by atoms with Crippen molar-refractivity contribution in [1.29, 1.82) is 0 Å². The Morgan fingerprint density at radius 2 is 2.33 bits per heavy atom. The molecule has 0 radical (unpaired) electrons. The van der Waals surface area contributed by atoms with Gasteiger partial charge in [-0.05, 0) is 39.0 Å². The second kappa shape index (κ2) is 5.10. The molecule has 0 bridgehead atoms. The lowest BCUT2D eigenvalue weighted by Gasteiger charge is -2.21. The van der Waals surface area contributed by atoms with Gasteiger partial charge in [0.05, 0.1) is 0 Å². The molecule has 0 aromatic heterocycles. The van der Waals surface area contributed by atoms with E-state index < -0.39 is 11.4 Å². The Morgan fingerprint density at radius 3 is 2.80 bits per heavy atom. The molecule has 0 spiro atoms. The molecule has 0 amide bonds. The summed E-state index contributed by atoms with van der Waals surface area (Å²) in [4.78, 5) is 22.8. The minimum atomic E-state index is -1.05. The lowest BCUT2D eigenvalue weighted by molar-refractivity contribution is -0.153. The van der Waals surface area contributed by atoms with E-state index >= 15 is 0 Å². The van der Waals surface area contributed by atoms with E-state index in [0.717, 1.165) is 19.3 Å². The van der Waals surface area contributed by atoms with Gasteiger partial charge in [-0.1, -0.05) is 12.2 Å². The van der Waals surface area contributed by atoms with Crippen molar-refractivity contribution in [3.8, 4) is 0 Å². The average Bonchev–Trinajstić information content (AvgIpc) is 2.56. The van der Waals surface area contributed by atoms with E-state index in [9.17, 15) is 9.59 Å². The van der Waals surface area contributed by atoms with Gasteiger partial charge in [-0.15, -0.1) is 0 Å². The second-order valence-electron chi connectivity index (χ2n) is 4.13. The van der Waals surface area contributed by atoms with E-state index in [-0.39, 0.29) is 5.78 Å². The number of carbonyl (C=O) groups is 2. The van der Waals surface area contributed by atoms with Crippen LogP contribution in [0, 0.1) is 5.41 Å². The lowest BCUT2D eigenvalue weighted by Crippen LogP contribution is -2.35. The molecule has 1 saturated carbocycles. The third-order valence-corrected chi connectivity index (χ3v) is 3.16.